The van der Waals surface area contributed by atoms with Gasteiger partial charge in [-0.05, 0) is 24.6 Å². The van der Waals surface area contributed by atoms with Crippen molar-refractivity contribution >= 4 is 23.2 Å². The van der Waals surface area contributed by atoms with Gasteiger partial charge in [0.1, 0.15) is 6.61 Å². The van der Waals surface area contributed by atoms with E-state index in [1.54, 1.807) is 18.2 Å². The minimum atomic E-state index is -0.220. The van der Waals surface area contributed by atoms with E-state index < -0.39 is 0 Å². The highest BCUT2D eigenvalue weighted by Gasteiger charge is 2.13. The zero-order valence-electron chi connectivity index (χ0n) is 11.2. The number of benzene rings is 1. The van der Waals surface area contributed by atoms with Crippen molar-refractivity contribution in [2.45, 2.75) is 26.7 Å². The number of hydrogen-bond acceptors (Lipinski definition) is 2. The van der Waals surface area contributed by atoms with Crippen LogP contribution in [-0.4, -0.2) is 17.6 Å². The van der Waals surface area contributed by atoms with Crippen molar-refractivity contribution in [3.05, 3.63) is 28.8 Å². The van der Waals surface area contributed by atoms with Gasteiger partial charge in [0.15, 0.2) is 0 Å². The number of anilines is 1. The molecule has 1 rings (SSSR count). The fraction of sp³-hybridized carbons (Fsp3) is 0.400. The summed E-state index contributed by atoms with van der Waals surface area (Å²) in [6.07, 6.45) is 1.80. The number of halogens is 1. The monoisotopic (exact) mass is 279 g/mol. The molecule has 0 aliphatic heterocycles. The largest absolute Gasteiger partial charge is 0.384 e. The molecular weight excluding hydrogens is 262 g/mol. The molecule has 4 heteroatoms. The maximum absolute atomic E-state index is 12.0. The SMILES string of the molecule is CCCC(C)C(=O)Nc1cc(Cl)ccc1C#CCO. The van der Waals surface area contributed by atoms with Crippen LogP contribution in [0.15, 0.2) is 18.2 Å². The van der Waals surface area contributed by atoms with Crippen molar-refractivity contribution in [2.75, 3.05) is 11.9 Å². The third kappa shape index (κ3) is 4.94. The first-order valence-electron chi connectivity index (χ1n) is 6.28. The Kier molecular flexibility index (Phi) is 6.41. The van der Waals surface area contributed by atoms with Gasteiger partial charge < -0.3 is 10.4 Å². The van der Waals surface area contributed by atoms with Crippen molar-refractivity contribution in [3.63, 3.8) is 0 Å². The number of aliphatic hydroxyl groups excluding tert-OH is 1. The van der Waals surface area contributed by atoms with E-state index in [0.717, 1.165) is 12.8 Å². The molecule has 102 valence electrons. The van der Waals surface area contributed by atoms with Crippen LogP contribution in [-0.2, 0) is 4.79 Å². The van der Waals surface area contributed by atoms with Gasteiger partial charge in [0.05, 0.1) is 5.69 Å². The summed E-state index contributed by atoms with van der Waals surface area (Å²) in [7, 11) is 0. The summed E-state index contributed by atoms with van der Waals surface area (Å²) >= 11 is 5.93. The highest BCUT2D eigenvalue weighted by atomic mass is 35.5. The molecule has 1 amide bonds. The summed E-state index contributed by atoms with van der Waals surface area (Å²) in [4.78, 5) is 12.0. The first-order valence-corrected chi connectivity index (χ1v) is 6.66. The normalized spacial score (nSPS) is 11.4. The number of nitrogens with one attached hydrogen (secondary N) is 1. The molecule has 1 atom stereocenters. The lowest BCUT2D eigenvalue weighted by Crippen LogP contribution is -2.20. The maximum atomic E-state index is 12.0. The highest BCUT2D eigenvalue weighted by molar-refractivity contribution is 6.31. The molecule has 0 aliphatic rings. The molecule has 3 nitrogen and oxygen atoms in total. The van der Waals surface area contributed by atoms with Gasteiger partial charge in [0, 0.05) is 16.5 Å². The van der Waals surface area contributed by atoms with E-state index >= 15 is 0 Å². The molecule has 0 bridgehead atoms. The Bertz CT molecular complexity index is 503. The molecule has 2 N–H and O–H groups in total. The van der Waals surface area contributed by atoms with Crippen LogP contribution >= 0.6 is 11.6 Å². The summed E-state index contributed by atoms with van der Waals surface area (Å²) in [5.41, 5.74) is 1.23. The lowest BCUT2D eigenvalue weighted by molar-refractivity contribution is -0.119. The standard InChI is InChI=1S/C15H18ClNO2/c1-3-5-11(2)15(19)17-14-10-13(16)8-7-12(14)6-4-9-18/h7-8,10-11,18H,3,5,9H2,1-2H3,(H,17,19). The second-order valence-corrected chi connectivity index (χ2v) is 4.77. The van der Waals surface area contributed by atoms with Gasteiger partial charge in [-0.15, -0.1) is 0 Å². The molecule has 0 fully saturated rings. The van der Waals surface area contributed by atoms with E-state index in [0.29, 0.717) is 16.3 Å². The molecule has 0 saturated carbocycles. The van der Waals surface area contributed by atoms with Gasteiger partial charge in [-0.3, -0.25) is 4.79 Å². The molecule has 1 unspecified atom stereocenters. The highest BCUT2D eigenvalue weighted by Crippen LogP contribution is 2.21. The van der Waals surface area contributed by atoms with E-state index in [9.17, 15) is 4.79 Å². The van der Waals surface area contributed by atoms with Crippen LogP contribution < -0.4 is 5.32 Å². The van der Waals surface area contributed by atoms with Gasteiger partial charge in [-0.1, -0.05) is 43.7 Å². The smallest absolute Gasteiger partial charge is 0.227 e. The van der Waals surface area contributed by atoms with Crippen LogP contribution in [0.4, 0.5) is 5.69 Å². The van der Waals surface area contributed by atoms with Crippen LogP contribution in [0.2, 0.25) is 5.02 Å². The average Bonchev–Trinajstić information content (AvgIpc) is 2.38. The molecule has 0 aliphatic carbocycles. The summed E-state index contributed by atoms with van der Waals surface area (Å²) < 4.78 is 0. The molecule has 0 saturated heterocycles. The number of hydrogen-bond donors (Lipinski definition) is 2. The van der Waals surface area contributed by atoms with Gasteiger partial charge in [0.25, 0.3) is 0 Å². The minimum Gasteiger partial charge on any atom is -0.384 e. The second kappa shape index (κ2) is 7.83. The Balaban J connectivity index is 2.92. The molecule has 1 aromatic carbocycles. The Hall–Kier alpha value is -1.50. The van der Waals surface area contributed by atoms with Crippen molar-refractivity contribution < 1.29 is 9.90 Å². The van der Waals surface area contributed by atoms with E-state index in [-0.39, 0.29) is 18.4 Å². The number of amides is 1. The number of rotatable bonds is 4. The predicted molar refractivity (Wildman–Crippen MR) is 78.1 cm³/mol. The van der Waals surface area contributed by atoms with Crippen LogP contribution in [0.5, 0.6) is 0 Å². The first-order chi connectivity index (χ1) is 9.08. The van der Waals surface area contributed by atoms with E-state index in [1.165, 1.54) is 0 Å². The molecule has 0 radical (unpaired) electrons. The first kappa shape index (κ1) is 15.6. The Morgan fingerprint density at radius 1 is 1.53 bits per heavy atom. The number of carbonyl (C=O) groups is 1. The van der Waals surface area contributed by atoms with Crippen LogP contribution in [0.25, 0.3) is 0 Å². The van der Waals surface area contributed by atoms with Crippen LogP contribution in [0.3, 0.4) is 0 Å². The van der Waals surface area contributed by atoms with E-state index in [4.69, 9.17) is 16.7 Å². The number of aliphatic hydroxyl groups is 1. The molecule has 0 aromatic heterocycles. The van der Waals surface area contributed by atoms with Crippen molar-refractivity contribution in [3.8, 4) is 11.8 Å². The molecule has 0 heterocycles. The topological polar surface area (TPSA) is 49.3 Å². The van der Waals surface area contributed by atoms with Crippen molar-refractivity contribution in [1.82, 2.24) is 0 Å². The Labute approximate surface area is 119 Å². The number of carbonyl (C=O) groups excluding carboxylic acids is 1. The van der Waals surface area contributed by atoms with E-state index in [1.807, 2.05) is 13.8 Å². The van der Waals surface area contributed by atoms with Crippen molar-refractivity contribution in [2.24, 2.45) is 5.92 Å². The quantitative estimate of drug-likeness (QED) is 0.832. The molecular formula is C15H18ClNO2. The lowest BCUT2D eigenvalue weighted by Gasteiger charge is -2.12. The fourth-order valence-electron chi connectivity index (χ4n) is 1.68. The van der Waals surface area contributed by atoms with Gasteiger partial charge in [-0.2, -0.15) is 0 Å². The maximum Gasteiger partial charge on any atom is 0.227 e. The second-order valence-electron chi connectivity index (χ2n) is 4.33. The average molecular weight is 280 g/mol. The minimum absolute atomic E-state index is 0.0452. The zero-order chi connectivity index (χ0) is 14.3. The fourth-order valence-corrected chi connectivity index (χ4v) is 1.86. The predicted octanol–water partition coefficient (Wildman–Crippen LogP) is 3.06. The third-order valence-corrected chi connectivity index (χ3v) is 2.95. The lowest BCUT2D eigenvalue weighted by atomic mass is 10.0. The van der Waals surface area contributed by atoms with Gasteiger partial charge in [-0.25, -0.2) is 0 Å². The Morgan fingerprint density at radius 3 is 2.89 bits per heavy atom. The zero-order valence-corrected chi connectivity index (χ0v) is 11.9. The molecule has 1 aromatic rings. The van der Waals surface area contributed by atoms with E-state index in [2.05, 4.69) is 17.2 Å². The summed E-state index contributed by atoms with van der Waals surface area (Å²) in [6.45, 7) is 3.71. The Morgan fingerprint density at radius 2 is 2.26 bits per heavy atom. The molecule has 19 heavy (non-hydrogen) atoms. The van der Waals surface area contributed by atoms with Gasteiger partial charge >= 0.3 is 0 Å². The van der Waals surface area contributed by atoms with Crippen LogP contribution in [0.1, 0.15) is 32.3 Å². The van der Waals surface area contributed by atoms with Gasteiger partial charge in [0.2, 0.25) is 5.91 Å². The third-order valence-electron chi connectivity index (χ3n) is 2.71. The molecule has 0 spiro atoms. The van der Waals surface area contributed by atoms with Crippen molar-refractivity contribution in [1.29, 1.82) is 0 Å². The summed E-state index contributed by atoms with van der Waals surface area (Å²) in [6, 6.07) is 5.10. The summed E-state index contributed by atoms with van der Waals surface area (Å²) in [5, 5.41) is 12.1. The summed E-state index contributed by atoms with van der Waals surface area (Å²) in [5.74, 6) is 5.26. The van der Waals surface area contributed by atoms with Crippen LogP contribution in [0, 0.1) is 17.8 Å².